The van der Waals surface area contributed by atoms with Gasteiger partial charge in [0.1, 0.15) is 5.41 Å². The van der Waals surface area contributed by atoms with Gasteiger partial charge in [-0.3, -0.25) is 9.59 Å². The molecule has 0 bridgehead atoms. The molecule has 1 amide bonds. The number of aliphatic carboxylic acids is 1. The highest BCUT2D eigenvalue weighted by atomic mass is 16.5. The van der Waals surface area contributed by atoms with E-state index in [2.05, 4.69) is 0 Å². The largest absolute Gasteiger partial charge is 0.480 e. The number of carbonyl (C=O) groups is 2. The molecule has 0 aromatic heterocycles. The van der Waals surface area contributed by atoms with E-state index in [-0.39, 0.29) is 12.0 Å². The lowest BCUT2D eigenvalue weighted by atomic mass is 10.1. The Morgan fingerprint density at radius 1 is 1.47 bits per heavy atom. The third-order valence-corrected chi connectivity index (χ3v) is 3.10. The maximum absolute atomic E-state index is 12.0. The van der Waals surface area contributed by atoms with Crippen LogP contribution in [0.15, 0.2) is 0 Å². The summed E-state index contributed by atoms with van der Waals surface area (Å²) in [5.74, 6) is -1.21. The second-order valence-electron chi connectivity index (χ2n) is 4.32. The van der Waals surface area contributed by atoms with Gasteiger partial charge in [-0.25, -0.2) is 0 Å². The minimum Gasteiger partial charge on any atom is -0.480 e. The van der Waals surface area contributed by atoms with Crippen LogP contribution in [0, 0.1) is 5.41 Å². The highest BCUT2D eigenvalue weighted by molar-refractivity contribution is 6.04. The number of morpholine rings is 1. The first-order valence-corrected chi connectivity index (χ1v) is 5.21. The minimum absolute atomic E-state index is 0.00675. The van der Waals surface area contributed by atoms with Crippen LogP contribution < -0.4 is 0 Å². The Kier molecular flexibility index (Phi) is 2.42. The van der Waals surface area contributed by atoms with Gasteiger partial charge < -0.3 is 14.7 Å². The van der Waals surface area contributed by atoms with Crippen molar-refractivity contribution in [3.8, 4) is 0 Å². The number of rotatable bonds is 2. The molecule has 84 valence electrons. The summed E-state index contributed by atoms with van der Waals surface area (Å²) in [6.07, 6.45) is 0.965. The van der Waals surface area contributed by atoms with Crippen molar-refractivity contribution >= 4 is 11.9 Å². The fourth-order valence-electron chi connectivity index (χ4n) is 1.95. The first-order valence-electron chi connectivity index (χ1n) is 5.21. The van der Waals surface area contributed by atoms with Gasteiger partial charge in [0.25, 0.3) is 0 Å². The van der Waals surface area contributed by atoms with Crippen molar-refractivity contribution in [3.63, 3.8) is 0 Å². The first kappa shape index (κ1) is 10.4. The summed E-state index contributed by atoms with van der Waals surface area (Å²) < 4.78 is 5.31. The molecule has 1 saturated carbocycles. The van der Waals surface area contributed by atoms with Crippen LogP contribution in [-0.4, -0.2) is 47.7 Å². The second-order valence-corrected chi connectivity index (χ2v) is 4.32. The van der Waals surface area contributed by atoms with E-state index in [4.69, 9.17) is 9.84 Å². The van der Waals surface area contributed by atoms with E-state index >= 15 is 0 Å². The average molecular weight is 213 g/mol. The molecular weight excluding hydrogens is 198 g/mol. The van der Waals surface area contributed by atoms with E-state index in [1.54, 1.807) is 4.90 Å². The summed E-state index contributed by atoms with van der Waals surface area (Å²) in [6, 6.07) is 0. The molecule has 1 N–H and O–H groups in total. The number of hydrogen-bond acceptors (Lipinski definition) is 3. The third kappa shape index (κ3) is 1.71. The maximum atomic E-state index is 12.0. The van der Waals surface area contributed by atoms with Gasteiger partial charge in [0, 0.05) is 13.1 Å². The third-order valence-electron chi connectivity index (χ3n) is 3.10. The molecule has 1 aliphatic carbocycles. The van der Waals surface area contributed by atoms with Crippen LogP contribution >= 0.6 is 0 Å². The van der Waals surface area contributed by atoms with E-state index in [1.807, 2.05) is 6.92 Å². The second kappa shape index (κ2) is 3.48. The summed E-state index contributed by atoms with van der Waals surface area (Å²) in [5.41, 5.74) is -1.10. The number of hydrogen-bond donors (Lipinski definition) is 1. The first-order chi connectivity index (χ1) is 7.06. The quantitative estimate of drug-likeness (QED) is 0.660. The topological polar surface area (TPSA) is 66.8 Å². The Balaban J connectivity index is 2.04. The van der Waals surface area contributed by atoms with E-state index in [1.165, 1.54) is 0 Å². The zero-order valence-electron chi connectivity index (χ0n) is 8.73. The number of ether oxygens (including phenoxy) is 1. The Labute approximate surface area is 88.0 Å². The number of nitrogens with zero attached hydrogens (tertiary/aromatic N) is 1. The molecule has 5 nitrogen and oxygen atoms in total. The predicted octanol–water partition coefficient (Wildman–Crippen LogP) is 0.0985. The lowest BCUT2D eigenvalue weighted by Gasteiger charge is -2.32. The van der Waals surface area contributed by atoms with Crippen molar-refractivity contribution in [2.45, 2.75) is 25.9 Å². The highest BCUT2D eigenvalue weighted by Crippen LogP contribution is 2.47. The Morgan fingerprint density at radius 2 is 2.13 bits per heavy atom. The van der Waals surface area contributed by atoms with Crippen molar-refractivity contribution in [2.75, 3.05) is 19.7 Å². The lowest BCUT2D eigenvalue weighted by Crippen LogP contribution is -2.49. The molecule has 2 rings (SSSR count). The molecule has 2 fully saturated rings. The maximum Gasteiger partial charge on any atom is 0.319 e. The van der Waals surface area contributed by atoms with Crippen LogP contribution in [0.2, 0.25) is 0 Å². The van der Waals surface area contributed by atoms with Crippen molar-refractivity contribution < 1.29 is 19.4 Å². The molecule has 0 aromatic rings. The van der Waals surface area contributed by atoms with Gasteiger partial charge in [-0.15, -0.1) is 0 Å². The zero-order valence-corrected chi connectivity index (χ0v) is 8.73. The SMILES string of the molecule is CC1CN(C(=O)C2(C(=O)O)CC2)CCO1. The van der Waals surface area contributed by atoms with Crippen molar-refractivity contribution in [2.24, 2.45) is 5.41 Å². The van der Waals surface area contributed by atoms with Crippen LogP contribution in [0.3, 0.4) is 0 Å². The number of carboxylic acid groups (broad SMARTS) is 1. The van der Waals surface area contributed by atoms with Crippen LogP contribution in [0.5, 0.6) is 0 Å². The Hall–Kier alpha value is -1.10. The van der Waals surface area contributed by atoms with Crippen molar-refractivity contribution in [1.29, 1.82) is 0 Å². The van der Waals surface area contributed by atoms with Gasteiger partial charge in [0.2, 0.25) is 5.91 Å². The number of carboxylic acids is 1. The fourth-order valence-corrected chi connectivity index (χ4v) is 1.95. The fraction of sp³-hybridized carbons (Fsp3) is 0.800. The minimum atomic E-state index is -1.10. The van der Waals surface area contributed by atoms with Crippen LogP contribution in [0.1, 0.15) is 19.8 Å². The normalized spacial score (nSPS) is 28.6. The Morgan fingerprint density at radius 3 is 2.60 bits per heavy atom. The molecule has 0 spiro atoms. The molecule has 1 aliphatic heterocycles. The van der Waals surface area contributed by atoms with Crippen LogP contribution in [-0.2, 0) is 14.3 Å². The number of carbonyl (C=O) groups excluding carboxylic acids is 1. The lowest BCUT2D eigenvalue weighted by molar-refractivity contribution is -0.156. The molecule has 0 aromatic carbocycles. The molecule has 1 saturated heterocycles. The molecule has 0 radical (unpaired) electrons. The average Bonchev–Trinajstić information content (AvgIpc) is 2.97. The van der Waals surface area contributed by atoms with Crippen molar-refractivity contribution in [1.82, 2.24) is 4.90 Å². The van der Waals surface area contributed by atoms with Gasteiger partial charge in [-0.05, 0) is 19.8 Å². The zero-order chi connectivity index (χ0) is 11.1. The van der Waals surface area contributed by atoms with Gasteiger partial charge in [-0.2, -0.15) is 0 Å². The van der Waals surface area contributed by atoms with Crippen LogP contribution in [0.25, 0.3) is 0 Å². The molecule has 1 unspecified atom stereocenters. The molecule has 1 atom stereocenters. The predicted molar refractivity (Wildman–Crippen MR) is 51.3 cm³/mol. The van der Waals surface area contributed by atoms with Gasteiger partial charge >= 0.3 is 5.97 Å². The van der Waals surface area contributed by atoms with E-state index in [0.717, 1.165) is 0 Å². The van der Waals surface area contributed by atoms with Crippen molar-refractivity contribution in [3.05, 3.63) is 0 Å². The molecule has 2 aliphatic rings. The smallest absolute Gasteiger partial charge is 0.319 e. The van der Waals surface area contributed by atoms with Gasteiger partial charge in [0.05, 0.1) is 12.7 Å². The summed E-state index contributed by atoms with van der Waals surface area (Å²) in [5, 5.41) is 8.99. The van der Waals surface area contributed by atoms with Gasteiger partial charge in [-0.1, -0.05) is 0 Å². The highest BCUT2D eigenvalue weighted by Gasteiger charge is 2.58. The Bertz CT molecular complexity index is 298. The summed E-state index contributed by atoms with van der Waals surface area (Å²) in [6.45, 7) is 3.41. The van der Waals surface area contributed by atoms with E-state index < -0.39 is 11.4 Å². The number of amides is 1. The van der Waals surface area contributed by atoms with E-state index in [9.17, 15) is 9.59 Å². The molecule has 15 heavy (non-hydrogen) atoms. The molecule has 5 heteroatoms. The molecular formula is C10H15NO4. The molecule has 1 heterocycles. The standard InChI is InChI=1S/C10H15NO4/c1-7-6-11(4-5-15-7)8(12)10(2-3-10)9(13)14/h7H,2-6H2,1H3,(H,13,14). The van der Waals surface area contributed by atoms with Crippen LogP contribution in [0.4, 0.5) is 0 Å². The van der Waals surface area contributed by atoms with Gasteiger partial charge in [0.15, 0.2) is 0 Å². The monoisotopic (exact) mass is 213 g/mol. The summed E-state index contributed by atoms with van der Waals surface area (Å²) in [7, 11) is 0. The summed E-state index contributed by atoms with van der Waals surface area (Å²) >= 11 is 0. The van der Waals surface area contributed by atoms with E-state index in [0.29, 0.717) is 32.5 Å². The summed E-state index contributed by atoms with van der Waals surface area (Å²) in [4.78, 5) is 24.5.